The van der Waals surface area contributed by atoms with E-state index in [1.807, 2.05) is 24.3 Å². The van der Waals surface area contributed by atoms with Crippen molar-refractivity contribution in [3.05, 3.63) is 52.8 Å². The maximum absolute atomic E-state index is 12.4. The Labute approximate surface area is 185 Å². The number of carbonyl (C=O) groups is 1. The largest absolute Gasteiger partial charge is 0.419 e. The van der Waals surface area contributed by atoms with E-state index < -0.39 is 17.9 Å². The van der Waals surface area contributed by atoms with Crippen molar-refractivity contribution >= 4 is 17.0 Å². The van der Waals surface area contributed by atoms with Gasteiger partial charge in [0, 0.05) is 37.7 Å². The number of nitriles is 1. The number of benzene rings is 1. The molecule has 3 aromatic rings. The van der Waals surface area contributed by atoms with E-state index in [0.29, 0.717) is 31.6 Å². The first-order valence-corrected chi connectivity index (χ1v) is 10.6. The topological polar surface area (TPSA) is 122 Å². The Morgan fingerprint density at radius 3 is 3.00 bits per heavy atom. The van der Waals surface area contributed by atoms with Crippen LogP contribution in [-0.4, -0.2) is 47.3 Å². The van der Waals surface area contributed by atoms with Crippen LogP contribution in [0.4, 0.5) is 0 Å². The highest BCUT2D eigenvalue weighted by atomic mass is 16.5. The number of aromatic nitrogens is 2. The lowest BCUT2D eigenvalue weighted by molar-refractivity contribution is -0.132. The van der Waals surface area contributed by atoms with Crippen molar-refractivity contribution in [3.63, 3.8) is 0 Å². The molecule has 1 fully saturated rings. The van der Waals surface area contributed by atoms with E-state index in [0.717, 1.165) is 35.3 Å². The van der Waals surface area contributed by atoms with Crippen LogP contribution < -0.4 is 16.4 Å². The molecule has 1 aliphatic rings. The first-order chi connectivity index (χ1) is 15.5. The van der Waals surface area contributed by atoms with Gasteiger partial charge >= 0.3 is 5.76 Å². The molecule has 0 aliphatic carbocycles. The SMILES string of the molecule is Cn1c(=O)oc2ccc(-c3ccc(CC[C@@H](C#N)NC(=O)[C@@H]4CNCCCO4)nc3)cc21. The summed E-state index contributed by atoms with van der Waals surface area (Å²) in [5.74, 6) is -0.662. The second-order valence-corrected chi connectivity index (χ2v) is 7.79. The number of hydrogen-bond acceptors (Lipinski definition) is 7. The lowest BCUT2D eigenvalue weighted by Crippen LogP contribution is -2.45. The van der Waals surface area contributed by atoms with E-state index >= 15 is 0 Å². The highest BCUT2D eigenvalue weighted by molar-refractivity contribution is 5.82. The van der Waals surface area contributed by atoms with Crippen LogP contribution in [0.3, 0.4) is 0 Å². The highest BCUT2D eigenvalue weighted by Crippen LogP contribution is 2.23. The number of ether oxygens (including phenoxy) is 1. The van der Waals surface area contributed by atoms with Gasteiger partial charge in [0.15, 0.2) is 5.58 Å². The molecule has 2 N–H and O–H groups in total. The van der Waals surface area contributed by atoms with E-state index in [-0.39, 0.29) is 5.91 Å². The molecule has 0 saturated carbocycles. The summed E-state index contributed by atoms with van der Waals surface area (Å²) < 4.78 is 12.2. The molecule has 1 saturated heterocycles. The predicted octanol–water partition coefficient (Wildman–Crippen LogP) is 1.51. The molecule has 166 valence electrons. The van der Waals surface area contributed by atoms with Crippen LogP contribution in [0.5, 0.6) is 0 Å². The van der Waals surface area contributed by atoms with E-state index in [4.69, 9.17) is 9.15 Å². The van der Waals surface area contributed by atoms with Gasteiger partial charge in [-0.1, -0.05) is 12.1 Å². The number of rotatable bonds is 6. The normalized spacial score (nSPS) is 17.4. The van der Waals surface area contributed by atoms with Crippen molar-refractivity contribution < 1.29 is 13.9 Å². The second-order valence-electron chi connectivity index (χ2n) is 7.79. The molecule has 9 heteroatoms. The summed E-state index contributed by atoms with van der Waals surface area (Å²) in [6.45, 7) is 1.80. The number of amides is 1. The van der Waals surface area contributed by atoms with Gasteiger partial charge in [0.25, 0.3) is 5.91 Å². The first kappa shape index (κ1) is 21.7. The van der Waals surface area contributed by atoms with Gasteiger partial charge < -0.3 is 19.8 Å². The van der Waals surface area contributed by atoms with Gasteiger partial charge in [0.2, 0.25) is 0 Å². The summed E-state index contributed by atoms with van der Waals surface area (Å²) in [5, 5.41) is 15.4. The van der Waals surface area contributed by atoms with Crippen molar-refractivity contribution in [1.29, 1.82) is 5.26 Å². The van der Waals surface area contributed by atoms with Gasteiger partial charge in [-0.3, -0.25) is 14.3 Å². The zero-order valence-corrected chi connectivity index (χ0v) is 17.8. The number of pyridine rings is 1. The minimum atomic E-state index is -0.611. The van der Waals surface area contributed by atoms with Crippen molar-refractivity contribution in [2.75, 3.05) is 19.7 Å². The molecule has 1 aromatic carbocycles. The summed E-state index contributed by atoms with van der Waals surface area (Å²) in [7, 11) is 1.67. The van der Waals surface area contributed by atoms with Gasteiger partial charge in [-0.15, -0.1) is 0 Å². The number of carbonyl (C=O) groups excluding carboxylic acids is 1. The summed E-state index contributed by atoms with van der Waals surface area (Å²) in [4.78, 5) is 28.6. The maximum Gasteiger partial charge on any atom is 0.419 e. The molecule has 1 amide bonds. The lowest BCUT2D eigenvalue weighted by Gasteiger charge is -2.17. The van der Waals surface area contributed by atoms with E-state index in [1.54, 1.807) is 19.3 Å². The molecule has 0 bridgehead atoms. The third-order valence-electron chi connectivity index (χ3n) is 5.55. The molecule has 1 aliphatic heterocycles. The Kier molecular flexibility index (Phi) is 6.63. The van der Waals surface area contributed by atoms with Crippen LogP contribution in [0.2, 0.25) is 0 Å². The molecule has 3 heterocycles. The Balaban J connectivity index is 1.37. The molecule has 0 radical (unpaired) electrons. The molecule has 2 atom stereocenters. The predicted molar refractivity (Wildman–Crippen MR) is 118 cm³/mol. The Hall–Kier alpha value is -3.48. The first-order valence-electron chi connectivity index (χ1n) is 10.6. The minimum Gasteiger partial charge on any atom is -0.408 e. The second kappa shape index (κ2) is 9.77. The number of nitrogens with zero attached hydrogens (tertiary/aromatic N) is 3. The summed E-state index contributed by atoms with van der Waals surface area (Å²) >= 11 is 0. The number of aryl methyl sites for hydroxylation is 2. The fourth-order valence-electron chi connectivity index (χ4n) is 3.66. The van der Waals surface area contributed by atoms with Gasteiger partial charge in [0.1, 0.15) is 12.1 Å². The lowest BCUT2D eigenvalue weighted by atomic mass is 10.1. The van der Waals surface area contributed by atoms with Gasteiger partial charge in [-0.2, -0.15) is 5.26 Å². The van der Waals surface area contributed by atoms with E-state index in [2.05, 4.69) is 21.7 Å². The minimum absolute atomic E-state index is 0.265. The Bertz CT molecular complexity index is 1180. The van der Waals surface area contributed by atoms with Crippen LogP contribution in [0.15, 0.2) is 45.7 Å². The zero-order valence-electron chi connectivity index (χ0n) is 17.8. The maximum atomic E-state index is 12.4. The molecule has 0 spiro atoms. The fraction of sp³-hybridized carbons (Fsp3) is 0.391. The molecule has 2 aromatic heterocycles. The number of oxazole rings is 1. The molecular weight excluding hydrogens is 410 g/mol. The Morgan fingerprint density at radius 2 is 2.22 bits per heavy atom. The third-order valence-corrected chi connectivity index (χ3v) is 5.55. The summed E-state index contributed by atoms with van der Waals surface area (Å²) in [6, 6.07) is 10.9. The summed E-state index contributed by atoms with van der Waals surface area (Å²) in [6.07, 6.45) is 3.06. The average Bonchev–Trinajstić information content (AvgIpc) is 2.99. The molecule has 9 nitrogen and oxygen atoms in total. The third kappa shape index (κ3) is 4.88. The van der Waals surface area contributed by atoms with Gasteiger partial charge in [-0.05, 0) is 49.6 Å². The van der Waals surface area contributed by atoms with Crippen LogP contribution in [0.25, 0.3) is 22.2 Å². The summed E-state index contributed by atoms with van der Waals surface area (Å²) in [5.41, 5.74) is 3.92. The van der Waals surface area contributed by atoms with Gasteiger partial charge in [0.05, 0.1) is 11.6 Å². The van der Waals surface area contributed by atoms with Crippen molar-refractivity contribution in [1.82, 2.24) is 20.2 Å². The molecule has 4 rings (SSSR count). The molecule has 0 unspecified atom stereocenters. The fourth-order valence-corrected chi connectivity index (χ4v) is 3.66. The molecule has 32 heavy (non-hydrogen) atoms. The van der Waals surface area contributed by atoms with Crippen LogP contribution >= 0.6 is 0 Å². The Morgan fingerprint density at radius 1 is 1.38 bits per heavy atom. The van der Waals surface area contributed by atoms with Crippen LogP contribution in [-0.2, 0) is 23.0 Å². The average molecular weight is 435 g/mol. The van der Waals surface area contributed by atoms with E-state index in [1.165, 1.54) is 4.57 Å². The van der Waals surface area contributed by atoms with E-state index in [9.17, 15) is 14.9 Å². The van der Waals surface area contributed by atoms with Crippen molar-refractivity contribution in [2.45, 2.75) is 31.4 Å². The highest BCUT2D eigenvalue weighted by Gasteiger charge is 2.23. The van der Waals surface area contributed by atoms with Crippen molar-refractivity contribution in [3.8, 4) is 17.2 Å². The quantitative estimate of drug-likeness (QED) is 0.602. The smallest absolute Gasteiger partial charge is 0.408 e. The van der Waals surface area contributed by atoms with Crippen LogP contribution in [0, 0.1) is 11.3 Å². The number of hydrogen-bond donors (Lipinski definition) is 2. The van der Waals surface area contributed by atoms with Crippen LogP contribution in [0.1, 0.15) is 18.5 Å². The standard InChI is InChI=1S/C23H25N5O4/c1-28-19-11-15(4-8-20(19)32-23(28)30)16-3-5-17(26-13-16)6-7-18(12-24)27-22(29)21-14-25-9-2-10-31-21/h3-5,8,11,13,18,21,25H,2,6-7,9-10,14H2,1H3,(H,27,29)/t18-,21-/m0/s1. The van der Waals surface area contributed by atoms with Crippen molar-refractivity contribution in [2.24, 2.45) is 7.05 Å². The zero-order chi connectivity index (χ0) is 22.5. The number of nitrogens with one attached hydrogen (secondary N) is 2. The monoisotopic (exact) mass is 435 g/mol. The molecular formula is C23H25N5O4. The van der Waals surface area contributed by atoms with Gasteiger partial charge in [-0.25, -0.2) is 4.79 Å². The number of fused-ring (bicyclic) bond motifs is 1.